The quantitative estimate of drug-likeness (QED) is 0.739. The van der Waals surface area contributed by atoms with Crippen LogP contribution < -0.4 is 15.8 Å². The van der Waals surface area contributed by atoms with Crippen LogP contribution in [0, 0.1) is 12.8 Å². The first-order valence-corrected chi connectivity index (χ1v) is 6.74. The SMILES string of the molecule is Cc1ccccc1OCCCNC(=O)[C@@H](N)C(C)C. The van der Waals surface area contributed by atoms with Crippen LogP contribution in [0.15, 0.2) is 24.3 Å². The molecule has 0 radical (unpaired) electrons. The van der Waals surface area contributed by atoms with Crippen molar-refractivity contribution in [1.82, 2.24) is 5.32 Å². The molecule has 0 unspecified atom stereocenters. The average molecular weight is 264 g/mol. The van der Waals surface area contributed by atoms with Crippen LogP contribution >= 0.6 is 0 Å². The fourth-order valence-corrected chi connectivity index (χ4v) is 1.60. The molecule has 0 aliphatic heterocycles. The molecule has 4 nitrogen and oxygen atoms in total. The van der Waals surface area contributed by atoms with Gasteiger partial charge in [0, 0.05) is 6.54 Å². The van der Waals surface area contributed by atoms with Crippen LogP contribution in [0.5, 0.6) is 5.75 Å². The number of aryl methyl sites for hydroxylation is 1. The highest BCUT2D eigenvalue weighted by Crippen LogP contribution is 2.15. The van der Waals surface area contributed by atoms with Gasteiger partial charge in [0.2, 0.25) is 5.91 Å². The molecule has 0 heterocycles. The molecular weight excluding hydrogens is 240 g/mol. The Morgan fingerprint density at radius 2 is 2.05 bits per heavy atom. The van der Waals surface area contributed by atoms with Crippen LogP contribution in [0.4, 0.5) is 0 Å². The molecule has 4 heteroatoms. The Balaban J connectivity index is 2.18. The Kier molecular flexibility index (Phi) is 6.36. The van der Waals surface area contributed by atoms with E-state index in [1.54, 1.807) is 0 Å². The van der Waals surface area contributed by atoms with Gasteiger partial charge < -0.3 is 15.8 Å². The standard InChI is InChI=1S/C15H24N2O2/c1-11(2)14(16)15(18)17-9-6-10-19-13-8-5-4-7-12(13)3/h4-5,7-8,11,14H,6,9-10,16H2,1-3H3,(H,17,18)/t14-/m0/s1. The molecule has 0 saturated carbocycles. The summed E-state index contributed by atoms with van der Waals surface area (Å²) >= 11 is 0. The molecule has 0 aliphatic rings. The van der Waals surface area contributed by atoms with Crippen molar-refractivity contribution in [3.8, 4) is 5.75 Å². The van der Waals surface area contributed by atoms with E-state index in [-0.39, 0.29) is 11.8 Å². The maximum Gasteiger partial charge on any atom is 0.237 e. The summed E-state index contributed by atoms with van der Waals surface area (Å²) < 4.78 is 5.64. The van der Waals surface area contributed by atoms with Gasteiger partial charge in [-0.1, -0.05) is 32.0 Å². The highest BCUT2D eigenvalue weighted by Gasteiger charge is 2.15. The lowest BCUT2D eigenvalue weighted by molar-refractivity contribution is -0.123. The first-order valence-electron chi connectivity index (χ1n) is 6.74. The van der Waals surface area contributed by atoms with E-state index < -0.39 is 6.04 Å². The third-order valence-electron chi connectivity index (χ3n) is 2.99. The van der Waals surface area contributed by atoms with Gasteiger partial charge in [0.25, 0.3) is 0 Å². The molecular formula is C15H24N2O2. The number of amides is 1. The maximum absolute atomic E-state index is 11.6. The second-order valence-corrected chi connectivity index (χ2v) is 5.03. The molecule has 0 bridgehead atoms. The van der Waals surface area contributed by atoms with Crippen LogP contribution in [0.2, 0.25) is 0 Å². The van der Waals surface area contributed by atoms with Crippen molar-refractivity contribution in [1.29, 1.82) is 0 Å². The van der Waals surface area contributed by atoms with Gasteiger partial charge in [-0.2, -0.15) is 0 Å². The lowest BCUT2D eigenvalue weighted by Gasteiger charge is -2.15. The summed E-state index contributed by atoms with van der Waals surface area (Å²) in [4.78, 5) is 11.6. The summed E-state index contributed by atoms with van der Waals surface area (Å²) in [5.41, 5.74) is 6.86. The number of nitrogens with one attached hydrogen (secondary N) is 1. The predicted molar refractivity (Wildman–Crippen MR) is 77.1 cm³/mol. The Morgan fingerprint density at radius 3 is 2.68 bits per heavy atom. The van der Waals surface area contributed by atoms with Gasteiger partial charge in [-0.15, -0.1) is 0 Å². The zero-order valence-corrected chi connectivity index (χ0v) is 12.0. The minimum atomic E-state index is -0.433. The fourth-order valence-electron chi connectivity index (χ4n) is 1.60. The topological polar surface area (TPSA) is 64.3 Å². The Morgan fingerprint density at radius 1 is 1.37 bits per heavy atom. The van der Waals surface area contributed by atoms with Gasteiger partial charge in [0.05, 0.1) is 12.6 Å². The van der Waals surface area contributed by atoms with Gasteiger partial charge in [0.1, 0.15) is 5.75 Å². The molecule has 1 aromatic rings. The Hall–Kier alpha value is -1.55. The monoisotopic (exact) mass is 264 g/mol. The van der Waals surface area contributed by atoms with Crippen molar-refractivity contribution in [2.45, 2.75) is 33.2 Å². The number of para-hydroxylation sites is 1. The number of carbonyl (C=O) groups is 1. The molecule has 1 atom stereocenters. The Labute approximate surface area is 115 Å². The number of ether oxygens (including phenoxy) is 1. The third kappa shape index (κ3) is 5.30. The summed E-state index contributed by atoms with van der Waals surface area (Å²) in [7, 11) is 0. The van der Waals surface area contributed by atoms with E-state index in [0.717, 1.165) is 17.7 Å². The van der Waals surface area contributed by atoms with E-state index in [0.29, 0.717) is 13.2 Å². The molecule has 19 heavy (non-hydrogen) atoms. The van der Waals surface area contributed by atoms with Gasteiger partial charge in [0.15, 0.2) is 0 Å². The highest BCUT2D eigenvalue weighted by atomic mass is 16.5. The van der Waals surface area contributed by atoms with Gasteiger partial charge in [-0.3, -0.25) is 4.79 Å². The van der Waals surface area contributed by atoms with Crippen molar-refractivity contribution >= 4 is 5.91 Å². The fraction of sp³-hybridized carbons (Fsp3) is 0.533. The summed E-state index contributed by atoms with van der Waals surface area (Å²) in [5, 5.41) is 2.82. The number of benzene rings is 1. The molecule has 0 aromatic heterocycles. The molecule has 1 amide bonds. The second-order valence-electron chi connectivity index (χ2n) is 5.03. The smallest absolute Gasteiger partial charge is 0.237 e. The summed E-state index contributed by atoms with van der Waals surface area (Å²) in [6.45, 7) is 7.06. The molecule has 0 saturated heterocycles. The van der Waals surface area contributed by atoms with Crippen molar-refractivity contribution in [3.05, 3.63) is 29.8 Å². The molecule has 1 rings (SSSR count). The van der Waals surface area contributed by atoms with Crippen LogP contribution in [-0.4, -0.2) is 25.1 Å². The van der Waals surface area contributed by atoms with E-state index in [2.05, 4.69) is 5.32 Å². The zero-order valence-electron chi connectivity index (χ0n) is 12.0. The molecule has 3 N–H and O–H groups in total. The normalized spacial score (nSPS) is 12.3. The van der Waals surface area contributed by atoms with Crippen molar-refractivity contribution in [2.24, 2.45) is 11.7 Å². The molecule has 0 spiro atoms. The van der Waals surface area contributed by atoms with Gasteiger partial charge in [-0.05, 0) is 30.9 Å². The van der Waals surface area contributed by atoms with E-state index in [1.807, 2.05) is 45.0 Å². The van der Waals surface area contributed by atoms with E-state index in [9.17, 15) is 4.79 Å². The molecule has 0 fully saturated rings. The first-order chi connectivity index (χ1) is 9.02. The Bertz CT molecular complexity index is 405. The third-order valence-corrected chi connectivity index (χ3v) is 2.99. The van der Waals surface area contributed by atoms with Crippen molar-refractivity contribution in [2.75, 3.05) is 13.2 Å². The second kappa shape index (κ2) is 7.79. The molecule has 106 valence electrons. The van der Waals surface area contributed by atoms with Crippen molar-refractivity contribution < 1.29 is 9.53 Å². The van der Waals surface area contributed by atoms with Gasteiger partial charge in [-0.25, -0.2) is 0 Å². The van der Waals surface area contributed by atoms with Crippen molar-refractivity contribution in [3.63, 3.8) is 0 Å². The number of hydrogen-bond acceptors (Lipinski definition) is 3. The molecule has 0 aliphatic carbocycles. The number of hydrogen-bond donors (Lipinski definition) is 2. The van der Waals surface area contributed by atoms with Gasteiger partial charge >= 0.3 is 0 Å². The van der Waals surface area contributed by atoms with E-state index in [4.69, 9.17) is 10.5 Å². The number of carbonyl (C=O) groups excluding carboxylic acids is 1. The van der Waals surface area contributed by atoms with E-state index in [1.165, 1.54) is 0 Å². The predicted octanol–water partition coefficient (Wildman–Crippen LogP) is 1.86. The summed E-state index contributed by atoms with van der Waals surface area (Å²) in [6.07, 6.45) is 0.769. The lowest BCUT2D eigenvalue weighted by atomic mass is 10.1. The average Bonchev–Trinajstić information content (AvgIpc) is 2.39. The van der Waals surface area contributed by atoms with Crippen LogP contribution in [-0.2, 0) is 4.79 Å². The minimum Gasteiger partial charge on any atom is -0.493 e. The highest BCUT2D eigenvalue weighted by molar-refractivity contribution is 5.81. The summed E-state index contributed by atoms with van der Waals surface area (Å²) in [5.74, 6) is 0.960. The first kappa shape index (κ1) is 15.5. The largest absolute Gasteiger partial charge is 0.493 e. The summed E-state index contributed by atoms with van der Waals surface area (Å²) in [6, 6.07) is 7.46. The maximum atomic E-state index is 11.6. The molecule has 1 aromatic carbocycles. The lowest BCUT2D eigenvalue weighted by Crippen LogP contribution is -2.44. The van der Waals surface area contributed by atoms with E-state index >= 15 is 0 Å². The minimum absolute atomic E-state index is 0.0918. The van der Waals surface area contributed by atoms with Crippen LogP contribution in [0.1, 0.15) is 25.8 Å². The van der Waals surface area contributed by atoms with Crippen LogP contribution in [0.3, 0.4) is 0 Å². The number of nitrogens with two attached hydrogens (primary N) is 1. The van der Waals surface area contributed by atoms with Crippen LogP contribution in [0.25, 0.3) is 0 Å². The zero-order chi connectivity index (χ0) is 14.3. The number of rotatable bonds is 7.